The van der Waals surface area contributed by atoms with Crippen LogP contribution in [0.5, 0.6) is 0 Å². The van der Waals surface area contributed by atoms with Crippen LogP contribution in [-0.4, -0.2) is 5.97 Å². The Labute approximate surface area is 119 Å². The first kappa shape index (κ1) is 14.5. The lowest BCUT2D eigenvalue weighted by Gasteiger charge is -2.10. The summed E-state index contributed by atoms with van der Waals surface area (Å²) in [5, 5.41) is 10.7. The highest BCUT2D eigenvalue weighted by atomic mass is 32.2. The second-order valence-electron chi connectivity index (χ2n) is 4.18. The summed E-state index contributed by atoms with van der Waals surface area (Å²) in [4.78, 5) is 11.4. The molecule has 20 heavy (non-hydrogen) atoms. The third-order valence-electron chi connectivity index (χ3n) is 2.70. The Hall–Kier alpha value is -1.88. The van der Waals surface area contributed by atoms with E-state index in [0.29, 0.717) is 5.56 Å². The topological polar surface area (TPSA) is 40.1 Å². The summed E-state index contributed by atoms with van der Waals surface area (Å²) in [7, 11) is 0. The van der Waals surface area contributed by atoms with E-state index in [1.54, 1.807) is 24.3 Å². The molecule has 0 fully saturated rings. The fourth-order valence-electron chi connectivity index (χ4n) is 1.76. The molecule has 2 rings (SSSR count). The Balaban J connectivity index is 2.14. The number of rotatable bonds is 5. The highest BCUT2D eigenvalue weighted by molar-refractivity contribution is 7.98. The van der Waals surface area contributed by atoms with Gasteiger partial charge in [0.25, 0.3) is 0 Å². The van der Waals surface area contributed by atoms with Crippen molar-refractivity contribution in [2.24, 2.45) is 0 Å². The van der Waals surface area contributed by atoms with Gasteiger partial charge in [0.1, 0.15) is 11.6 Å². The molecule has 5 heteroatoms. The number of carbonyl (C=O) groups excluding carboxylic acids is 1. The molecule has 0 saturated carbocycles. The number of thioether (sulfide) groups is 1. The maximum Gasteiger partial charge on any atom is 0.127 e. The van der Waals surface area contributed by atoms with Crippen molar-refractivity contribution < 1.29 is 18.7 Å². The Morgan fingerprint density at radius 2 is 1.85 bits per heavy atom. The van der Waals surface area contributed by atoms with Crippen molar-refractivity contribution in [3.63, 3.8) is 0 Å². The van der Waals surface area contributed by atoms with Gasteiger partial charge in [-0.3, -0.25) is 0 Å². The molecule has 0 bridgehead atoms. The monoisotopic (exact) mass is 293 g/mol. The lowest BCUT2D eigenvalue weighted by atomic mass is 10.1. The van der Waals surface area contributed by atoms with Gasteiger partial charge in [0, 0.05) is 28.6 Å². The van der Waals surface area contributed by atoms with Crippen molar-refractivity contribution in [3.8, 4) is 0 Å². The van der Waals surface area contributed by atoms with Gasteiger partial charge >= 0.3 is 0 Å². The van der Waals surface area contributed by atoms with Crippen LogP contribution in [0.3, 0.4) is 0 Å². The van der Waals surface area contributed by atoms with Gasteiger partial charge in [-0.05, 0) is 29.8 Å². The van der Waals surface area contributed by atoms with Crippen LogP contribution in [0.4, 0.5) is 8.78 Å². The quantitative estimate of drug-likeness (QED) is 0.795. The molecule has 0 aliphatic carbocycles. The fourth-order valence-corrected chi connectivity index (χ4v) is 2.79. The van der Waals surface area contributed by atoms with Crippen LogP contribution in [0.2, 0.25) is 0 Å². The lowest BCUT2D eigenvalue weighted by molar-refractivity contribution is -0.304. The minimum absolute atomic E-state index is 0.200. The largest absolute Gasteiger partial charge is 0.550 e. The molecule has 0 saturated heterocycles. The molecule has 0 unspecified atom stereocenters. The van der Waals surface area contributed by atoms with Gasteiger partial charge in [-0.25, -0.2) is 8.78 Å². The summed E-state index contributed by atoms with van der Waals surface area (Å²) in [6.07, 6.45) is -0.200. The predicted octanol–water partition coefficient (Wildman–Crippen LogP) is 2.55. The normalized spacial score (nSPS) is 10.5. The number of carbonyl (C=O) groups is 1. The van der Waals surface area contributed by atoms with Crippen LogP contribution in [0.1, 0.15) is 11.1 Å². The number of aliphatic carboxylic acids is 1. The smallest absolute Gasteiger partial charge is 0.127 e. The van der Waals surface area contributed by atoms with Crippen molar-refractivity contribution in [3.05, 3.63) is 65.2 Å². The van der Waals surface area contributed by atoms with E-state index in [4.69, 9.17) is 0 Å². The molecule has 0 aromatic heterocycles. The van der Waals surface area contributed by atoms with Crippen molar-refractivity contribution in [1.82, 2.24) is 0 Å². The molecule has 2 nitrogen and oxygen atoms in total. The predicted molar refractivity (Wildman–Crippen MR) is 71.1 cm³/mol. The maximum atomic E-state index is 13.5. The zero-order valence-corrected chi connectivity index (χ0v) is 11.3. The van der Waals surface area contributed by atoms with E-state index in [1.165, 1.54) is 11.8 Å². The van der Waals surface area contributed by atoms with E-state index >= 15 is 0 Å². The fraction of sp³-hybridized carbons (Fsp3) is 0.133. The summed E-state index contributed by atoms with van der Waals surface area (Å²) in [5.74, 6) is -1.91. The minimum Gasteiger partial charge on any atom is -0.550 e. The molecule has 0 heterocycles. The SMILES string of the molecule is O=C([O-])Cc1ccccc1SCc1cc(F)ccc1F. The van der Waals surface area contributed by atoms with Crippen molar-refractivity contribution in [2.75, 3.05) is 0 Å². The number of hydrogen-bond acceptors (Lipinski definition) is 3. The number of benzene rings is 2. The van der Waals surface area contributed by atoms with Crippen LogP contribution in [0.15, 0.2) is 47.4 Å². The molecule has 0 radical (unpaired) electrons. The van der Waals surface area contributed by atoms with E-state index in [1.807, 2.05) is 0 Å². The maximum absolute atomic E-state index is 13.5. The van der Waals surface area contributed by atoms with Crippen LogP contribution in [0.25, 0.3) is 0 Å². The summed E-state index contributed by atoms with van der Waals surface area (Å²) in [6.45, 7) is 0. The molecule has 2 aromatic carbocycles. The van der Waals surface area contributed by atoms with Crippen molar-refractivity contribution >= 4 is 17.7 Å². The second-order valence-corrected chi connectivity index (χ2v) is 5.20. The molecular weight excluding hydrogens is 282 g/mol. The Kier molecular flexibility index (Phi) is 4.74. The number of hydrogen-bond donors (Lipinski definition) is 0. The average molecular weight is 293 g/mol. The van der Waals surface area contributed by atoms with Gasteiger partial charge < -0.3 is 9.90 Å². The molecule has 0 N–H and O–H groups in total. The van der Waals surface area contributed by atoms with Gasteiger partial charge in [0.2, 0.25) is 0 Å². The van der Waals surface area contributed by atoms with E-state index < -0.39 is 17.6 Å². The minimum atomic E-state index is -1.17. The first-order valence-electron chi connectivity index (χ1n) is 5.91. The number of carboxylic acid groups (broad SMARTS) is 1. The Bertz CT molecular complexity index is 629. The summed E-state index contributed by atoms with van der Waals surface area (Å²) >= 11 is 1.27. The van der Waals surface area contributed by atoms with E-state index in [9.17, 15) is 18.7 Å². The molecule has 0 atom stereocenters. The first-order valence-corrected chi connectivity index (χ1v) is 6.89. The Morgan fingerprint density at radius 1 is 1.10 bits per heavy atom. The van der Waals surface area contributed by atoms with Crippen LogP contribution < -0.4 is 5.11 Å². The van der Waals surface area contributed by atoms with Crippen LogP contribution >= 0.6 is 11.8 Å². The number of carboxylic acids is 1. The molecule has 0 spiro atoms. The first-order chi connectivity index (χ1) is 9.56. The highest BCUT2D eigenvalue weighted by Gasteiger charge is 2.07. The van der Waals surface area contributed by atoms with Crippen molar-refractivity contribution in [1.29, 1.82) is 0 Å². The van der Waals surface area contributed by atoms with E-state index in [2.05, 4.69) is 0 Å². The third-order valence-corrected chi connectivity index (χ3v) is 3.86. The molecule has 0 aliphatic heterocycles. The van der Waals surface area contributed by atoms with Gasteiger partial charge in [0.05, 0.1) is 0 Å². The molecular formula is C15H11F2O2S-. The second kappa shape index (κ2) is 6.52. The average Bonchev–Trinajstić information content (AvgIpc) is 2.41. The standard InChI is InChI=1S/C15H12F2O2S/c16-12-5-6-13(17)11(7-12)9-20-14-4-2-1-3-10(14)8-15(18)19/h1-7H,8-9H2,(H,18,19)/p-1. The lowest BCUT2D eigenvalue weighted by Crippen LogP contribution is -2.24. The van der Waals surface area contributed by atoms with Crippen LogP contribution in [-0.2, 0) is 17.0 Å². The zero-order chi connectivity index (χ0) is 14.5. The van der Waals surface area contributed by atoms with Gasteiger partial charge in [-0.1, -0.05) is 18.2 Å². The summed E-state index contributed by atoms with van der Waals surface area (Å²) in [5.41, 5.74) is 0.854. The third kappa shape index (κ3) is 3.81. The molecule has 2 aromatic rings. The van der Waals surface area contributed by atoms with Gasteiger partial charge in [0.15, 0.2) is 0 Å². The van der Waals surface area contributed by atoms with E-state index in [-0.39, 0.29) is 17.7 Å². The molecule has 104 valence electrons. The highest BCUT2D eigenvalue weighted by Crippen LogP contribution is 2.27. The number of halogens is 2. The zero-order valence-electron chi connectivity index (χ0n) is 10.4. The molecule has 0 amide bonds. The summed E-state index contributed by atoms with van der Waals surface area (Å²) < 4.78 is 26.6. The van der Waals surface area contributed by atoms with E-state index in [0.717, 1.165) is 23.1 Å². The molecule has 0 aliphatic rings. The Morgan fingerprint density at radius 3 is 2.60 bits per heavy atom. The summed E-state index contributed by atoms with van der Waals surface area (Å²) in [6, 6.07) is 10.2. The van der Waals surface area contributed by atoms with Crippen LogP contribution in [0, 0.1) is 11.6 Å². The van der Waals surface area contributed by atoms with Crippen molar-refractivity contribution in [2.45, 2.75) is 17.1 Å². The van der Waals surface area contributed by atoms with Gasteiger partial charge in [-0.2, -0.15) is 0 Å². The van der Waals surface area contributed by atoms with Gasteiger partial charge in [-0.15, -0.1) is 11.8 Å².